The zero-order chi connectivity index (χ0) is 27.0. The third-order valence-electron chi connectivity index (χ3n) is 5.93. The van der Waals surface area contributed by atoms with Gasteiger partial charge in [-0.1, -0.05) is 12.8 Å². The minimum absolute atomic E-state index is 0. The Morgan fingerprint density at radius 3 is 2.47 bits per heavy atom. The maximum atomic E-state index is 13.1. The number of benzene rings is 2. The minimum Gasteiger partial charge on any atom is -0.779 e. The van der Waals surface area contributed by atoms with Gasteiger partial charge in [0.1, 0.15) is 19.1 Å². The standard InChI is InChI=1S/C27H28N3O6P.Na/c1-35-22-9-10-23-24(21(17-29)14-20-13-19(16-28)8-11-26(20)36-2)18-30(25(23)15-22)27(31)7-5-3-4-6-12-37(32,33)34;/h8-11,13-15,18H,3-7,12H2,1-2H3,(H2,32,33,34);/q;+1/p-1/b21-14+;. The van der Waals surface area contributed by atoms with Crippen LogP contribution in [0.1, 0.15) is 53.6 Å². The average molecular weight is 543 g/mol. The second kappa shape index (κ2) is 14.3. The summed E-state index contributed by atoms with van der Waals surface area (Å²) in [6.45, 7) is 0. The van der Waals surface area contributed by atoms with Crippen LogP contribution in [0.3, 0.4) is 0 Å². The molecule has 1 aromatic heterocycles. The molecule has 0 aliphatic heterocycles. The molecule has 1 N–H and O–H groups in total. The fourth-order valence-electron chi connectivity index (χ4n) is 4.06. The first-order chi connectivity index (χ1) is 17.7. The number of rotatable bonds is 11. The number of carbonyl (C=O) groups is 1. The molecule has 1 unspecified atom stereocenters. The van der Waals surface area contributed by atoms with Gasteiger partial charge in [-0.05, 0) is 49.2 Å². The molecule has 0 saturated heterocycles. The Labute approximate surface area is 243 Å². The van der Waals surface area contributed by atoms with Gasteiger partial charge in [0.05, 0.1) is 43.0 Å². The second-order valence-corrected chi connectivity index (χ2v) is 10.2. The smallest absolute Gasteiger partial charge is 0.779 e. The van der Waals surface area contributed by atoms with Gasteiger partial charge < -0.3 is 23.8 Å². The zero-order valence-electron chi connectivity index (χ0n) is 21.6. The maximum Gasteiger partial charge on any atom is 1.00 e. The number of hydrogen-bond acceptors (Lipinski definition) is 7. The van der Waals surface area contributed by atoms with Gasteiger partial charge >= 0.3 is 29.6 Å². The van der Waals surface area contributed by atoms with Crippen molar-refractivity contribution in [1.82, 2.24) is 4.57 Å². The Kier molecular flexibility index (Phi) is 11.8. The zero-order valence-corrected chi connectivity index (χ0v) is 24.5. The number of unbranched alkanes of at least 4 members (excludes halogenated alkanes) is 3. The molecule has 0 amide bonds. The molecule has 0 aliphatic carbocycles. The largest absolute Gasteiger partial charge is 1.00 e. The van der Waals surface area contributed by atoms with E-state index < -0.39 is 7.60 Å². The normalized spacial score (nSPS) is 12.6. The molecule has 1 heterocycles. The van der Waals surface area contributed by atoms with Crippen molar-refractivity contribution in [3.8, 4) is 23.6 Å². The molecule has 3 rings (SSSR count). The first-order valence-electron chi connectivity index (χ1n) is 11.7. The van der Waals surface area contributed by atoms with Crippen molar-refractivity contribution in [2.75, 3.05) is 20.4 Å². The summed E-state index contributed by atoms with van der Waals surface area (Å²) in [6, 6.07) is 14.5. The molecule has 0 spiro atoms. The van der Waals surface area contributed by atoms with Crippen molar-refractivity contribution in [3.05, 3.63) is 59.3 Å². The van der Waals surface area contributed by atoms with Crippen LogP contribution < -0.4 is 43.9 Å². The molecule has 1 atom stereocenters. The van der Waals surface area contributed by atoms with Crippen LogP contribution in [-0.2, 0) is 4.57 Å². The van der Waals surface area contributed by atoms with Crippen molar-refractivity contribution < 1.29 is 58.2 Å². The van der Waals surface area contributed by atoms with Gasteiger partial charge in [0.25, 0.3) is 0 Å². The van der Waals surface area contributed by atoms with Crippen LogP contribution in [0.25, 0.3) is 22.6 Å². The van der Waals surface area contributed by atoms with E-state index >= 15 is 0 Å². The summed E-state index contributed by atoms with van der Waals surface area (Å²) in [4.78, 5) is 32.9. The molecule has 0 fully saturated rings. The maximum absolute atomic E-state index is 13.1. The van der Waals surface area contributed by atoms with Crippen molar-refractivity contribution in [3.63, 3.8) is 0 Å². The number of aromatic nitrogens is 1. The number of fused-ring (bicyclic) bond motifs is 1. The van der Waals surface area contributed by atoms with Crippen molar-refractivity contribution in [2.24, 2.45) is 0 Å². The number of hydrogen-bond donors (Lipinski definition) is 1. The molecular weight excluding hydrogens is 516 g/mol. The van der Waals surface area contributed by atoms with E-state index in [0.29, 0.717) is 70.3 Å². The third-order valence-corrected chi connectivity index (χ3v) is 6.81. The fraction of sp³-hybridized carbons (Fsp3) is 0.296. The first-order valence-corrected chi connectivity index (χ1v) is 13.4. The molecule has 9 nitrogen and oxygen atoms in total. The topological polar surface area (TPSA) is 148 Å². The van der Waals surface area contributed by atoms with Gasteiger partial charge in [0, 0.05) is 41.4 Å². The van der Waals surface area contributed by atoms with Gasteiger partial charge in [0.15, 0.2) is 0 Å². The predicted octanol–water partition coefficient (Wildman–Crippen LogP) is 1.73. The molecule has 192 valence electrons. The molecule has 2 aromatic carbocycles. The summed E-state index contributed by atoms with van der Waals surface area (Å²) in [7, 11) is -1.22. The van der Waals surface area contributed by atoms with Crippen molar-refractivity contribution in [1.29, 1.82) is 10.5 Å². The van der Waals surface area contributed by atoms with Gasteiger partial charge in [-0.2, -0.15) is 10.5 Å². The van der Waals surface area contributed by atoms with E-state index in [9.17, 15) is 24.8 Å². The van der Waals surface area contributed by atoms with E-state index in [1.807, 2.05) is 0 Å². The first kappa shape index (κ1) is 31.3. The minimum atomic E-state index is -4.25. The summed E-state index contributed by atoms with van der Waals surface area (Å²) >= 11 is 0. The summed E-state index contributed by atoms with van der Waals surface area (Å²) < 4.78 is 23.1. The van der Waals surface area contributed by atoms with Gasteiger partial charge in [-0.25, -0.2) is 0 Å². The van der Waals surface area contributed by atoms with Gasteiger partial charge in [-0.15, -0.1) is 0 Å². The van der Waals surface area contributed by atoms with Crippen LogP contribution in [-0.4, -0.2) is 35.7 Å². The molecule has 3 aromatic rings. The van der Waals surface area contributed by atoms with E-state index in [1.165, 1.54) is 18.8 Å². The Morgan fingerprint density at radius 1 is 1.11 bits per heavy atom. The van der Waals surface area contributed by atoms with Crippen LogP contribution in [0.2, 0.25) is 0 Å². The molecule has 0 saturated carbocycles. The molecule has 0 aliphatic rings. The number of methoxy groups -OCH3 is 2. The third kappa shape index (κ3) is 8.06. The number of ether oxygens (including phenoxy) is 2. The number of allylic oxidation sites excluding steroid dienone is 1. The van der Waals surface area contributed by atoms with Crippen LogP contribution in [0.4, 0.5) is 0 Å². The summed E-state index contributed by atoms with van der Waals surface area (Å²) in [5, 5.41) is 20.0. The quantitative estimate of drug-likeness (QED) is 0.166. The van der Waals surface area contributed by atoms with E-state index in [4.69, 9.17) is 14.4 Å². The van der Waals surface area contributed by atoms with E-state index in [0.717, 1.165) is 0 Å². The monoisotopic (exact) mass is 543 g/mol. The number of nitriles is 2. The molecular formula is C27H27N3NaO6P. The summed E-state index contributed by atoms with van der Waals surface area (Å²) in [6.07, 6.45) is 5.31. The van der Waals surface area contributed by atoms with Crippen molar-refractivity contribution >= 4 is 36.1 Å². The number of nitrogens with zero attached hydrogens (tertiary/aromatic N) is 3. The van der Waals surface area contributed by atoms with E-state index in [1.54, 1.807) is 48.7 Å². The molecule has 0 bridgehead atoms. The second-order valence-electron chi connectivity index (χ2n) is 8.45. The van der Waals surface area contributed by atoms with Crippen molar-refractivity contribution in [2.45, 2.75) is 32.1 Å². The average Bonchev–Trinajstić information content (AvgIpc) is 3.27. The van der Waals surface area contributed by atoms with Gasteiger partial charge in [0.2, 0.25) is 5.91 Å². The van der Waals surface area contributed by atoms with Gasteiger partial charge in [-0.3, -0.25) is 9.36 Å². The fourth-order valence-corrected chi connectivity index (χ4v) is 4.68. The summed E-state index contributed by atoms with van der Waals surface area (Å²) in [5.74, 6) is 0.883. The molecule has 38 heavy (non-hydrogen) atoms. The van der Waals surface area contributed by atoms with E-state index in [-0.39, 0.29) is 48.0 Å². The van der Waals surface area contributed by atoms with Crippen LogP contribution >= 0.6 is 7.60 Å². The summed E-state index contributed by atoms with van der Waals surface area (Å²) in [5.41, 5.74) is 2.41. The predicted molar refractivity (Wildman–Crippen MR) is 138 cm³/mol. The Hall–Kier alpha value is -2.88. The number of carbonyl (C=O) groups excluding carboxylic acids is 1. The van der Waals surface area contributed by atoms with Crippen LogP contribution in [0, 0.1) is 22.7 Å². The SMILES string of the molecule is COc1ccc2c(/C(C#N)=C/c3cc(C#N)ccc3OC)cn(C(=O)CCCCCCP(=O)([O-])O)c2c1.[Na+]. The molecule has 11 heteroatoms. The van der Waals surface area contributed by atoms with Crippen LogP contribution in [0.15, 0.2) is 42.6 Å². The van der Waals surface area contributed by atoms with Crippen LogP contribution in [0.5, 0.6) is 11.5 Å². The Morgan fingerprint density at radius 2 is 1.84 bits per heavy atom. The Balaban J connectivity index is 0.00000507. The Bertz CT molecular complexity index is 1460. The molecule has 0 radical (unpaired) electrons. The van der Waals surface area contributed by atoms with E-state index in [2.05, 4.69) is 12.1 Å².